The highest BCUT2D eigenvalue weighted by molar-refractivity contribution is 5.90. The Labute approximate surface area is 89.5 Å². The van der Waals surface area contributed by atoms with Crippen molar-refractivity contribution < 1.29 is 0 Å². The van der Waals surface area contributed by atoms with E-state index in [4.69, 9.17) is 5.73 Å². The second-order valence-corrected chi connectivity index (χ2v) is 3.75. The Morgan fingerprint density at radius 1 is 1.20 bits per heavy atom. The molecular formula is C12H15N3. The highest BCUT2D eigenvalue weighted by atomic mass is 15.1. The predicted molar refractivity (Wildman–Crippen MR) is 64.0 cm³/mol. The average Bonchev–Trinajstić information content (AvgIpc) is 2.27. The summed E-state index contributed by atoms with van der Waals surface area (Å²) in [7, 11) is 4.04. The maximum absolute atomic E-state index is 5.59. The largest absolute Gasteiger partial charge is 0.376 e. The number of anilines is 1. The number of rotatable bonds is 2. The van der Waals surface area contributed by atoms with Crippen LogP contribution in [-0.2, 0) is 6.54 Å². The fourth-order valence-corrected chi connectivity index (χ4v) is 1.65. The van der Waals surface area contributed by atoms with Gasteiger partial charge in [-0.15, -0.1) is 0 Å². The minimum atomic E-state index is 0.484. The molecule has 2 rings (SSSR count). The van der Waals surface area contributed by atoms with Crippen LogP contribution in [-0.4, -0.2) is 19.1 Å². The van der Waals surface area contributed by atoms with Crippen LogP contribution in [0.1, 0.15) is 5.69 Å². The molecule has 15 heavy (non-hydrogen) atoms. The summed E-state index contributed by atoms with van der Waals surface area (Å²) >= 11 is 0. The molecule has 0 saturated carbocycles. The van der Waals surface area contributed by atoms with Gasteiger partial charge in [0.1, 0.15) is 0 Å². The number of benzene rings is 1. The van der Waals surface area contributed by atoms with Crippen LogP contribution in [0.25, 0.3) is 10.9 Å². The molecule has 0 atom stereocenters. The smallest absolute Gasteiger partial charge is 0.0938 e. The van der Waals surface area contributed by atoms with E-state index in [1.807, 2.05) is 26.2 Å². The van der Waals surface area contributed by atoms with Crippen LogP contribution in [0.15, 0.2) is 30.3 Å². The minimum absolute atomic E-state index is 0.484. The van der Waals surface area contributed by atoms with Gasteiger partial charge in [0.05, 0.1) is 16.9 Å². The molecule has 3 nitrogen and oxygen atoms in total. The Morgan fingerprint density at radius 3 is 2.67 bits per heavy atom. The maximum Gasteiger partial charge on any atom is 0.0938 e. The van der Waals surface area contributed by atoms with Crippen LogP contribution < -0.4 is 10.6 Å². The van der Waals surface area contributed by atoms with E-state index in [2.05, 4.69) is 28.1 Å². The van der Waals surface area contributed by atoms with Crippen molar-refractivity contribution in [2.45, 2.75) is 6.54 Å². The number of nitrogens with zero attached hydrogens (tertiary/aromatic N) is 2. The molecule has 0 spiro atoms. The van der Waals surface area contributed by atoms with E-state index < -0.39 is 0 Å². The zero-order chi connectivity index (χ0) is 10.8. The van der Waals surface area contributed by atoms with E-state index in [1.54, 1.807) is 0 Å². The Morgan fingerprint density at radius 2 is 2.00 bits per heavy atom. The first-order valence-electron chi connectivity index (χ1n) is 4.98. The monoisotopic (exact) mass is 201 g/mol. The fourth-order valence-electron chi connectivity index (χ4n) is 1.65. The van der Waals surface area contributed by atoms with Crippen molar-refractivity contribution in [3.63, 3.8) is 0 Å². The van der Waals surface area contributed by atoms with Crippen molar-refractivity contribution in [2.75, 3.05) is 19.0 Å². The third kappa shape index (κ3) is 1.78. The number of hydrogen-bond acceptors (Lipinski definition) is 3. The average molecular weight is 201 g/mol. The van der Waals surface area contributed by atoms with Crippen LogP contribution in [0.5, 0.6) is 0 Å². The highest BCUT2D eigenvalue weighted by Gasteiger charge is 2.04. The number of aromatic nitrogens is 1. The summed E-state index contributed by atoms with van der Waals surface area (Å²) in [5.41, 5.74) is 8.67. The van der Waals surface area contributed by atoms with Crippen molar-refractivity contribution >= 4 is 16.6 Å². The Kier molecular flexibility index (Phi) is 2.56. The molecule has 0 unspecified atom stereocenters. The molecule has 0 radical (unpaired) electrons. The zero-order valence-electron chi connectivity index (χ0n) is 9.07. The first kappa shape index (κ1) is 9.93. The molecule has 0 aliphatic carbocycles. The topological polar surface area (TPSA) is 42.1 Å². The molecule has 1 heterocycles. The van der Waals surface area contributed by atoms with Gasteiger partial charge >= 0.3 is 0 Å². The molecule has 78 valence electrons. The summed E-state index contributed by atoms with van der Waals surface area (Å²) in [5, 5.41) is 1.15. The third-order valence-electron chi connectivity index (χ3n) is 2.45. The second kappa shape index (κ2) is 3.87. The Bertz CT molecular complexity index is 477. The second-order valence-electron chi connectivity index (χ2n) is 3.75. The van der Waals surface area contributed by atoms with Gasteiger partial charge in [0.15, 0.2) is 0 Å². The quantitative estimate of drug-likeness (QED) is 0.805. The van der Waals surface area contributed by atoms with E-state index in [0.717, 1.165) is 22.3 Å². The number of fused-ring (bicyclic) bond motifs is 1. The normalized spacial score (nSPS) is 10.6. The number of pyridine rings is 1. The van der Waals surface area contributed by atoms with E-state index in [9.17, 15) is 0 Å². The predicted octanol–water partition coefficient (Wildman–Crippen LogP) is 1.76. The lowest BCUT2D eigenvalue weighted by Gasteiger charge is -2.14. The highest BCUT2D eigenvalue weighted by Crippen LogP contribution is 2.23. The molecule has 0 amide bonds. The molecule has 3 heteroatoms. The van der Waals surface area contributed by atoms with Gasteiger partial charge < -0.3 is 10.6 Å². The molecule has 1 aromatic carbocycles. The SMILES string of the molecule is CN(C)c1cccc2ccc(CN)nc12. The van der Waals surface area contributed by atoms with Gasteiger partial charge in [-0.25, -0.2) is 4.98 Å². The van der Waals surface area contributed by atoms with Gasteiger partial charge in [-0.3, -0.25) is 0 Å². The van der Waals surface area contributed by atoms with E-state index in [-0.39, 0.29) is 0 Å². The van der Waals surface area contributed by atoms with E-state index >= 15 is 0 Å². The third-order valence-corrected chi connectivity index (χ3v) is 2.45. The number of para-hydroxylation sites is 1. The van der Waals surface area contributed by atoms with Gasteiger partial charge in [-0.1, -0.05) is 18.2 Å². The minimum Gasteiger partial charge on any atom is -0.376 e. The van der Waals surface area contributed by atoms with Gasteiger partial charge in [-0.2, -0.15) is 0 Å². The van der Waals surface area contributed by atoms with Gasteiger partial charge in [0, 0.05) is 26.0 Å². The summed E-state index contributed by atoms with van der Waals surface area (Å²) < 4.78 is 0. The molecule has 0 fully saturated rings. The lowest BCUT2D eigenvalue weighted by atomic mass is 10.1. The molecule has 2 N–H and O–H groups in total. The maximum atomic E-state index is 5.59. The van der Waals surface area contributed by atoms with E-state index in [0.29, 0.717) is 6.54 Å². The Balaban J connectivity index is 2.70. The standard InChI is InChI=1S/C12H15N3/c1-15(2)11-5-3-4-9-6-7-10(8-13)14-12(9)11/h3-7H,8,13H2,1-2H3. The molecule has 0 aliphatic rings. The van der Waals surface area contributed by atoms with Crippen LogP contribution >= 0.6 is 0 Å². The first-order chi connectivity index (χ1) is 7.22. The van der Waals surface area contributed by atoms with Crippen molar-refractivity contribution in [3.8, 4) is 0 Å². The summed E-state index contributed by atoms with van der Waals surface area (Å²) in [5.74, 6) is 0. The molecule has 0 saturated heterocycles. The van der Waals surface area contributed by atoms with Crippen LogP contribution in [0, 0.1) is 0 Å². The van der Waals surface area contributed by atoms with E-state index in [1.165, 1.54) is 0 Å². The number of hydrogen-bond donors (Lipinski definition) is 1. The Hall–Kier alpha value is -1.61. The van der Waals surface area contributed by atoms with Crippen LogP contribution in [0.2, 0.25) is 0 Å². The van der Waals surface area contributed by atoms with Gasteiger partial charge in [0.25, 0.3) is 0 Å². The summed E-state index contributed by atoms with van der Waals surface area (Å²) in [6, 6.07) is 10.2. The molecule has 1 aromatic heterocycles. The van der Waals surface area contributed by atoms with Gasteiger partial charge in [-0.05, 0) is 12.1 Å². The fraction of sp³-hybridized carbons (Fsp3) is 0.250. The van der Waals surface area contributed by atoms with Crippen molar-refractivity contribution in [1.29, 1.82) is 0 Å². The van der Waals surface area contributed by atoms with Crippen LogP contribution in [0.3, 0.4) is 0 Å². The lowest BCUT2D eigenvalue weighted by Crippen LogP contribution is -2.10. The molecule has 2 aromatic rings. The summed E-state index contributed by atoms with van der Waals surface area (Å²) in [6.07, 6.45) is 0. The van der Waals surface area contributed by atoms with Crippen molar-refractivity contribution in [2.24, 2.45) is 5.73 Å². The summed E-state index contributed by atoms with van der Waals surface area (Å²) in [4.78, 5) is 6.61. The van der Waals surface area contributed by atoms with Crippen molar-refractivity contribution in [3.05, 3.63) is 36.0 Å². The zero-order valence-corrected chi connectivity index (χ0v) is 9.07. The van der Waals surface area contributed by atoms with Crippen LogP contribution in [0.4, 0.5) is 5.69 Å². The molecule has 0 bridgehead atoms. The lowest BCUT2D eigenvalue weighted by molar-refractivity contribution is 1.00. The van der Waals surface area contributed by atoms with Crippen molar-refractivity contribution in [1.82, 2.24) is 4.98 Å². The summed E-state index contributed by atoms with van der Waals surface area (Å²) in [6.45, 7) is 0.484. The molecule has 0 aliphatic heterocycles. The first-order valence-corrected chi connectivity index (χ1v) is 4.98. The molecular weight excluding hydrogens is 186 g/mol. The van der Waals surface area contributed by atoms with Gasteiger partial charge in [0.2, 0.25) is 0 Å². The number of nitrogens with two attached hydrogens (primary N) is 1.